The van der Waals surface area contributed by atoms with Crippen LogP contribution in [0.4, 0.5) is 10.2 Å². The van der Waals surface area contributed by atoms with Gasteiger partial charge in [-0.05, 0) is 39.0 Å². The second-order valence-corrected chi connectivity index (χ2v) is 6.66. The highest BCUT2D eigenvalue weighted by Crippen LogP contribution is 2.20. The van der Waals surface area contributed by atoms with Gasteiger partial charge in [0.1, 0.15) is 5.82 Å². The van der Waals surface area contributed by atoms with Gasteiger partial charge in [0.2, 0.25) is 11.8 Å². The second-order valence-electron chi connectivity index (χ2n) is 6.66. The van der Waals surface area contributed by atoms with Crippen LogP contribution in [0, 0.1) is 5.95 Å². The Bertz CT molecular complexity index is 766. The van der Waals surface area contributed by atoms with Crippen molar-refractivity contribution in [3.63, 3.8) is 0 Å². The Hall–Kier alpha value is -2.70. The molecule has 26 heavy (non-hydrogen) atoms. The maximum absolute atomic E-state index is 13.4. The first-order valence-electron chi connectivity index (χ1n) is 8.75. The van der Waals surface area contributed by atoms with Crippen LogP contribution in [-0.4, -0.2) is 52.6 Å². The molecule has 0 radical (unpaired) electrons. The standard InChI is InChI=1S/C19H23FN4O2/c1-13(2)26-18-8-7-15(11-21-18)19(25)23-9-10-24(14(3)12-23)17-6-4-5-16(20)22-17/h4-8,11,13-14H,9-10,12H2,1-3H3. The third-order valence-corrected chi connectivity index (χ3v) is 4.25. The van der Waals surface area contributed by atoms with E-state index in [1.165, 1.54) is 6.07 Å². The minimum atomic E-state index is -0.497. The minimum absolute atomic E-state index is 0.0365. The van der Waals surface area contributed by atoms with Crippen molar-refractivity contribution in [2.75, 3.05) is 24.5 Å². The summed E-state index contributed by atoms with van der Waals surface area (Å²) in [6, 6.07) is 8.25. The Morgan fingerprint density at radius 2 is 2.08 bits per heavy atom. The molecule has 1 saturated heterocycles. The lowest BCUT2D eigenvalue weighted by molar-refractivity contribution is 0.0725. The third-order valence-electron chi connectivity index (χ3n) is 4.25. The van der Waals surface area contributed by atoms with Crippen LogP contribution >= 0.6 is 0 Å². The van der Waals surface area contributed by atoms with Crippen molar-refractivity contribution in [1.82, 2.24) is 14.9 Å². The summed E-state index contributed by atoms with van der Waals surface area (Å²) in [5.74, 6) is 0.545. The van der Waals surface area contributed by atoms with Crippen LogP contribution in [0.25, 0.3) is 0 Å². The van der Waals surface area contributed by atoms with Gasteiger partial charge in [-0.3, -0.25) is 4.79 Å². The van der Waals surface area contributed by atoms with E-state index in [4.69, 9.17) is 4.74 Å². The van der Waals surface area contributed by atoms with Gasteiger partial charge in [-0.2, -0.15) is 4.39 Å². The number of aromatic nitrogens is 2. The summed E-state index contributed by atoms with van der Waals surface area (Å²) < 4.78 is 18.9. The topological polar surface area (TPSA) is 58.6 Å². The highest BCUT2D eigenvalue weighted by molar-refractivity contribution is 5.94. The second kappa shape index (κ2) is 7.68. The smallest absolute Gasteiger partial charge is 0.255 e. The molecule has 0 saturated carbocycles. The Morgan fingerprint density at radius 1 is 1.27 bits per heavy atom. The van der Waals surface area contributed by atoms with Crippen LogP contribution < -0.4 is 9.64 Å². The van der Waals surface area contributed by atoms with Crippen molar-refractivity contribution in [1.29, 1.82) is 0 Å². The lowest BCUT2D eigenvalue weighted by Gasteiger charge is -2.40. The number of amides is 1. The molecule has 138 valence electrons. The average molecular weight is 358 g/mol. The van der Waals surface area contributed by atoms with Crippen molar-refractivity contribution >= 4 is 11.7 Å². The Labute approximate surface area is 152 Å². The van der Waals surface area contributed by atoms with Gasteiger partial charge in [0.05, 0.1) is 11.7 Å². The van der Waals surface area contributed by atoms with Crippen LogP contribution in [0.15, 0.2) is 36.5 Å². The van der Waals surface area contributed by atoms with Gasteiger partial charge in [-0.15, -0.1) is 0 Å². The number of carbonyl (C=O) groups excluding carboxylic acids is 1. The summed E-state index contributed by atoms with van der Waals surface area (Å²) in [7, 11) is 0. The van der Waals surface area contributed by atoms with Crippen LogP contribution in [0.3, 0.4) is 0 Å². The highest BCUT2D eigenvalue weighted by atomic mass is 19.1. The van der Waals surface area contributed by atoms with Crippen molar-refractivity contribution in [2.45, 2.75) is 32.9 Å². The molecule has 1 atom stereocenters. The first kappa shape index (κ1) is 18.1. The van der Waals surface area contributed by atoms with Crippen LogP contribution in [0.2, 0.25) is 0 Å². The number of rotatable bonds is 4. The van der Waals surface area contributed by atoms with Gasteiger partial charge >= 0.3 is 0 Å². The molecule has 1 unspecified atom stereocenters. The van der Waals surface area contributed by atoms with Crippen molar-refractivity contribution in [2.24, 2.45) is 0 Å². The highest BCUT2D eigenvalue weighted by Gasteiger charge is 2.28. The molecule has 0 aromatic carbocycles. The lowest BCUT2D eigenvalue weighted by atomic mass is 10.1. The molecule has 3 heterocycles. The quantitative estimate of drug-likeness (QED) is 0.787. The molecule has 2 aromatic heterocycles. The fourth-order valence-corrected chi connectivity index (χ4v) is 3.04. The fraction of sp³-hybridized carbons (Fsp3) is 0.421. The number of pyridine rings is 2. The van der Waals surface area contributed by atoms with Gasteiger partial charge < -0.3 is 14.5 Å². The number of carbonyl (C=O) groups is 1. The Balaban J connectivity index is 1.65. The molecular weight excluding hydrogens is 335 g/mol. The maximum atomic E-state index is 13.4. The average Bonchev–Trinajstić information content (AvgIpc) is 2.61. The SMILES string of the molecule is CC(C)Oc1ccc(C(=O)N2CCN(c3cccc(F)n3)C(C)C2)cn1. The van der Waals surface area contributed by atoms with Crippen LogP contribution in [0.1, 0.15) is 31.1 Å². The maximum Gasteiger partial charge on any atom is 0.255 e. The van der Waals surface area contributed by atoms with E-state index < -0.39 is 5.95 Å². The molecular formula is C19H23FN4O2. The predicted molar refractivity (Wildman–Crippen MR) is 96.9 cm³/mol. The molecule has 1 aliphatic rings. The van der Waals surface area contributed by atoms with Gasteiger partial charge in [0, 0.05) is 37.9 Å². The van der Waals surface area contributed by atoms with Gasteiger partial charge in [0.25, 0.3) is 5.91 Å². The summed E-state index contributed by atoms with van der Waals surface area (Å²) >= 11 is 0. The predicted octanol–water partition coefficient (Wildman–Crippen LogP) is 2.75. The van der Waals surface area contributed by atoms with E-state index in [9.17, 15) is 9.18 Å². The molecule has 1 aliphatic heterocycles. The van der Waals surface area contributed by atoms with E-state index in [0.717, 1.165) is 0 Å². The van der Waals surface area contributed by atoms with E-state index in [1.54, 1.807) is 35.4 Å². The fourth-order valence-electron chi connectivity index (χ4n) is 3.04. The van der Waals surface area contributed by atoms with Crippen molar-refractivity contribution in [3.05, 3.63) is 48.0 Å². The molecule has 0 spiro atoms. The zero-order valence-corrected chi connectivity index (χ0v) is 15.2. The molecule has 0 N–H and O–H groups in total. The number of nitrogens with zero attached hydrogens (tertiary/aromatic N) is 4. The largest absolute Gasteiger partial charge is 0.475 e. The summed E-state index contributed by atoms with van der Waals surface area (Å²) in [6.45, 7) is 7.55. The van der Waals surface area contributed by atoms with E-state index in [-0.39, 0.29) is 18.1 Å². The zero-order chi connectivity index (χ0) is 18.7. The number of anilines is 1. The van der Waals surface area contributed by atoms with Crippen molar-refractivity contribution in [3.8, 4) is 5.88 Å². The molecule has 7 heteroatoms. The normalized spacial score (nSPS) is 17.5. The number of hydrogen-bond donors (Lipinski definition) is 0. The first-order valence-corrected chi connectivity index (χ1v) is 8.75. The van der Waals surface area contributed by atoms with Gasteiger partial charge in [-0.25, -0.2) is 9.97 Å². The molecule has 3 rings (SSSR count). The van der Waals surface area contributed by atoms with E-state index in [2.05, 4.69) is 9.97 Å². The molecule has 0 bridgehead atoms. The summed E-state index contributed by atoms with van der Waals surface area (Å²) in [5.41, 5.74) is 0.533. The van der Waals surface area contributed by atoms with Crippen molar-refractivity contribution < 1.29 is 13.9 Å². The van der Waals surface area contributed by atoms with Gasteiger partial charge in [-0.1, -0.05) is 6.07 Å². The number of halogens is 1. The Morgan fingerprint density at radius 3 is 2.69 bits per heavy atom. The molecule has 1 amide bonds. The molecule has 1 fully saturated rings. The van der Waals surface area contributed by atoms with Crippen LogP contribution in [0.5, 0.6) is 5.88 Å². The molecule has 6 nitrogen and oxygen atoms in total. The Kier molecular flexibility index (Phi) is 5.35. The summed E-state index contributed by atoms with van der Waals surface area (Å²) in [5, 5.41) is 0. The summed E-state index contributed by atoms with van der Waals surface area (Å²) in [6.07, 6.45) is 1.58. The van der Waals surface area contributed by atoms with Crippen LogP contribution in [-0.2, 0) is 0 Å². The lowest BCUT2D eigenvalue weighted by Crippen LogP contribution is -2.54. The minimum Gasteiger partial charge on any atom is -0.475 e. The van der Waals surface area contributed by atoms with E-state index in [0.29, 0.717) is 36.9 Å². The van der Waals surface area contributed by atoms with E-state index >= 15 is 0 Å². The number of hydrogen-bond acceptors (Lipinski definition) is 5. The number of ether oxygens (including phenoxy) is 1. The zero-order valence-electron chi connectivity index (χ0n) is 15.2. The third kappa shape index (κ3) is 4.09. The number of piperazine rings is 1. The monoisotopic (exact) mass is 358 g/mol. The molecule has 2 aromatic rings. The molecule has 0 aliphatic carbocycles. The van der Waals surface area contributed by atoms with Gasteiger partial charge in [0.15, 0.2) is 0 Å². The summed E-state index contributed by atoms with van der Waals surface area (Å²) in [4.78, 5) is 24.7. The van der Waals surface area contributed by atoms with E-state index in [1.807, 2.05) is 25.7 Å². The first-order chi connectivity index (χ1) is 12.4.